The van der Waals surface area contributed by atoms with E-state index in [1.807, 2.05) is 37.3 Å². The molecule has 0 bridgehead atoms. The second-order valence-electron chi connectivity index (χ2n) is 6.24. The predicted molar refractivity (Wildman–Crippen MR) is 93.5 cm³/mol. The van der Waals surface area contributed by atoms with Crippen LogP contribution in [0.4, 0.5) is 0 Å². The Morgan fingerprint density at radius 3 is 2.72 bits per heavy atom. The van der Waals surface area contributed by atoms with Crippen LogP contribution in [0.3, 0.4) is 0 Å². The summed E-state index contributed by atoms with van der Waals surface area (Å²) in [6.45, 7) is 2.35. The first-order chi connectivity index (χ1) is 12.0. The fourth-order valence-electron chi connectivity index (χ4n) is 2.94. The molecular weight excluding hydrogens is 318 g/mol. The molecule has 2 atom stereocenters. The molecule has 0 spiro atoms. The number of carbonyl (C=O) groups is 2. The molecule has 2 aromatic rings. The van der Waals surface area contributed by atoms with Crippen molar-refractivity contribution < 1.29 is 9.59 Å². The number of nitrogens with zero attached hydrogens (tertiary/aromatic N) is 4. The lowest BCUT2D eigenvalue weighted by Gasteiger charge is -2.36. The molecule has 2 amide bonds. The van der Waals surface area contributed by atoms with Crippen LogP contribution >= 0.6 is 0 Å². The summed E-state index contributed by atoms with van der Waals surface area (Å²) in [4.78, 5) is 27.1. The van der Waals surface area contributed by atoms with Crippen LogP contribution in [0.15, 0.2) is 42.6 Å². The minimum Gasteiger partial charge on any atom is -0.369 e. The Kier molecular flexibility index (Phi) is 4.92. The van der Waals surface area contributed by atoms with E-state index in [2.05, 4.69) is 10.2 Å². The number of nitrogens with two attached hydrogens (primary N) is 1. The first-order valence-electron chi connectivity index (χ1n) is 8.30. The van der Waals surface area contributed by atoms with Crippen molar-refractivity contribution in [3.8, 4) is 5.69 Å². The lowest BCUT2D eigenvalue weighted by molar-refractivity contribution is -0.133. The average molecular weight is 339 g/mol. The number of aromatic nitrogens is 3. The first kappa shape index (κ1) is 16.9. The Labute approximate surface area is 146 Å². The van der Waals surface area contributed by atoms with Gasteiger partial charge in [-0.2, -0.15) is 9.90 Å². The predicted octanol–water partition coefficient (Wildman–Crippen LogP) is 1.39. The van der Waals surface area contributed by atoms with E-state index < -0.39 is 0 Å². The van der Waals surface area contributed by atoms with Crippen LogP contribution in [-0.4, -0.2) is 44.3 Å². The fraction of sp³-hybridized carbons (Fsp3) is 0.333. The van der Waals surface area contributed by atoms with Crippen LogP contribution in [0.25, 0.3) is 11.8 Å². The van der Waals surface area contributed by atoms with Crippen molar-refractivity contribution >= 4 is 17.9 Å². The summed E-state index contributed by atoms with van der Waals surface area (Å²) in [7, 11) is 0. The summed E-state index contributed by atoms with van der Waals surface area (Å²) in [6.07, 6.45) is 6.21. The number of primary amides is 1. The zero-order chi connectivity index (χ0) is 17.8. The van der Waals surface area contributed by atoms with Crippen LogP contribution in [-0.2, 0) is 9.59 Å². The molecule has 1 saturated heterocycles. The minimum atomic E-state index is -0.348. The molecule has 1 aromatic heterocycles. The van der Waals surface area contributed by atoms with Crippen LogP contribution < -0.4 is 5.73 Å². The third kappa shape index (κ3) is 3.93. The maximum Gasteiger partial charge on any atom is 0.246 e. The second kappa shape index (κ2) is 7.29. The van der Waals surface area contributed by atoms with E-state index >= 15 is 0 Å². The third-order valence-corrected chi connectivity index (χ3v) is 4.46. The highest BCUT2D eigenvalue weighted by molar-refractivity contribution is 5.92. The van der Waals surface area contributed by atoms with E-state index in [0.717, 1.165) is 18.5 Å². The number of para-hydroxylation sites is 1. The van der Waals surface area contributed by atoms with E-state index in [0.29, 0.717) is 12.2 Å². The molecule has 1 aliphatic heterocycles. The van der Waals surface area contributed by atoms with Gasteiger partial charge in [0.2, 0.25) is 11.8 Å². The highest BCUT2D eigenvalue weighted by Crippen LogP contribution is 2.22. The molecule has 0 unspecified atom stereocenters. The van der Waals surface area contributed by atoms with Gasteiger partial charge < -0.3 is 10.6 Å². The van der Waals surface area contributed by atoms with Crippen molar-refractivity contribution in [2.45, 2.75) is 25.8 Å². The number of hydrogen-bond donors (Lipinski definition) is 1. The largest absolute Gasteiger partial charge is 0.369 e. The van der Waals surface area contributed by atoms with Crippen molar-refractivity contribution in [3.63, 3.8) is 0 Å². The van der Waals surface area contributed by atoms with Gasteiger partial charge in [-0.15, -0.1) is 5.10 Å². The van der Waals surface area contributed by atoms with Gasteiger partial charge in [0, 0.05) is 18.7 Å². The van der Waals surface area contributed by atoms with Crippen LogP contribution in [0.5, 0.6) is 0 Å². The second-order valence-corrected chi connectivity index (χ2v) is 6.24. The summed E-state index contributed by atoms with van der Waals surface area (Å²) >= 11 is 0. The molecule has 7 heteroatoms. The maximum atomic E-state index is 12.5. The van der Waals surface area contributed by atoms with Gasteiger partial charge in [0.25, 0.3) is 0 Å². The summed E-state index contributed by atoms with van der Waals surface area (Å²) < 4.78 is 0. The molecule has 2 heterocycles. The smallest absolute Gasteiger partial charge is 0.246 e. The topological polar surface area (TPSA) is 94.1 Å². The number of benzene rings is 1. The number of piperidine rings is 1. The van der Waals surface area contributed by atoms with Crippen LogP contribution in [0.2, 0.25) is 0 Å². The maximum absolute atomic E-state index is 12.5. The highest BCUT2D eigenvalue weighted by Gasteiger charge is 2.30. The fourth-order valence-corrected chi connectivity index (χ4v) is 2.94. The first-order valence-corrected chi connectivity index (χ1v) is 8.30. The van der Waals surface area contributed by atoms with Gasteiger partial charge in [-0.3, -0.25) is 9.59 Å². The molecule has 25 heavy (non-hydrogen) atoms. The number of amides is 2. The Hall–Kier alpha value is -2.96. The number of rotatable bonds is 4. The molecule has 3 rings (SSSR count). The van der Waals surface area contributed by atoms with Crippen molar-refractivity contribution in [2.75, 3.05) is 6.54 Å². The zero-order valence-corrected chi connectivity index (χ0v) is 14.1. The van der Waals surface area contributed by atoms with E-state index in [1.165, 1.54) is 10.9 Å². The Morgan fingerprint density at radius 2 is 2.00 bits per heavy atom. The zero-order valence-electron chi connectivity index (χ0n) is 14.1. The molecule has 7 nitrogen and oxygen atoms in total. The van der Waals surface area contributed by atoms with E-state index in [9.17, 15) is 9.59 Å². The Morgan fingerprint density at radius 1 is 1.24 bits per heavy atom. The lowest BCUT2D eigenvalue weighted by Crippen LogP contribution is -2.48. The molecule has 1 aromatic carbocycles. The lowest BCUT2D eigenvalue weighted by atomic mass is 9.93. The average Bonchev–Trinajstić information content (AvgIpc) is 3.09. The molecule has 1 aliphatic rings. The van der Waals surface area contributed by atoms with E-state index in [-0.39, 0.29) is 23.8 Å². The van der Waals surface area contributed by atoms with Crippen LogP contribution in [0, 0.1) is 5.92 Å². The van der Waals surface area contributed by atoms with Gasteiger partial charge in [0.15, 0.2) is 0 Å². The normalized spacial score (nSPS) is 20.8. The summed E-state index contributed by atoms with van der Waals surface area (Å²) in [5.41, 5.74) is 6.82. The Balaban J connectivity index is 1.68. The van der Waals surface area contributed by atoms with E-state index in [1.54, 1.807) is 17.2 Å². The van der Waals surface area contributed by atoms with Crippen molar-refractivity contribution in [2.24, 2.45) is 11.7 Å². The van der Waals surface area contributed by atoms with Gasteiger partial charge in [0.05, 0.1) is 17.8 Å². The molecule has 2 N–H and O–H groups in total. The SMILES string of the molecule is C[C@@H]1CC[C@H](C(N)=O)CN1C(=O)/C=C\c1cnn(-c2ccccc2)n1. The monoisotopic (exact) mass is 339 g/mol. The van der Waals surface area contributed by atoms with Crippen molar-refractivity contribution in [3.05, 3.63) is 48.3 Å². The van der Waals surface area contributed by atoms with Crippen LogP contribution in [0.1, 0.15) is 25.5 Å². The number of hydrogen-bond acceptors (Lipinski definition) is 4. The highest BCUT2D eigenvalue weighted by atomic mass is 16.2. The number of carbonyl (C=O) groups excluding carboxylic acids is 2. The molecule has 0 radical (unpaired) electrons. The minimum absolute atomic E-state index is 0.0905. The molecular formula is C18H21N5O2. The van der Waals surface area contributed by atoms with Crippen molar-refractivity contribution in [1.82, 2.24) is 19.9 Å². The Bertz CT molecular complexity index is 784. The molecule has 130 valence electrons. The van der Waals surface area contributed by atoms with Gasteiger partial charge in [-0.25, -0.2) is 0 Å². The quantitative estimate of drug-likeness (QED) is 0.852. The molecule has 0 saturated carbocycles. The summed E-state index contributed by atoms with van der Waals surface area (Å²) in [5.74, 6) is -0.764. The van der Waals surface area contributed by atoms with Gasteiger partial charge in [-0.05, 0) is 38.0 Å². The van der Waals surface area contributed by atoms with Gasteiger partial charge in [0.1, 0.15) is 5.69 Å². The van der Waals surface area contributed by atoms with E-state index in [4.69, 9.17) is 5.73 Å². The third-order valence-electron chi connectivity index (χ3n) is 4.46. The summed E-state index contributed by atoms with van der Waals surface area (Å²) in [5, 5.41) is 8.53. The molecule has 1 fully saturated rings. The number of likely N-dealkylation sites (tertiary alicyclic amines) is 1. The van der Waals surface area contributed by atoms with Gasteiger partial charge >= 0.3 is 0 Å². The standard InChI is InChI=1S/C18H21N5O2/c1-13-7-8-14(18(19)25)12-22(13)17(24)10-9-15-11-20-23(21-15)16-5-3-2-4-6-16/h2-6,9-11,13-14H,7-8,12H2,1H3,(H2,19,25)/b10-9-/t13-,14+/m1/s1. The van der Waals surface area contributed by atoms with Crippen molar-refractivity contribution in [1.29, 1.82) is 0 Å². The summed E-state index contributed by atoms with van der Waals surface area (Å²) in [6, 6.07) is 9.63. The molecule has 0 aliphatic carbocycles. The van der Waals surface area contributed by atoms with Gasteiger partial charge in [-0.1, -0.05) is 18.2 Å².